The highest BCUT2D eigenvalue weighted by molar-refractivity contribution is 6.04. The van der Waals surface area contributed by atoms with Gasteiger partial charge in [-0.15, -0.1) is 0 Å². The van der Waals surface area contributed by atoms with Crippen LogP contribution in [0, 0.1) is 5.92 Å². The van der Waals surface area contributed by atoms with Crippen molar-refractivity contribution < 1.29 is 14.3 Å². The van der Waals surface area contributed by atoms with Crippen molar-refractivity contribution >= 4 is 11.9 Å². The van der Waals surface area contributed by atoms with E-state index in [9.17, 15) is 9.59 Å². The lowest BCUT2D eigenvalue weighted by Gasteiger charge is -2.26. The zero-order valence-electron chi connectivity index (χ0n) is 15.2. The third-order valence-corrected chi connectivity index (χ3v) is 4.75. The number of hydrogen-bond acceptors (Lipinski definition) is 4. The molecule has 6 nitrogen and oxygen atoms in total. The zero-order valence-corrected chi connectivity index (χ0v) is 15.2. The summed E-state index contributed by atoms with van der Waals surface area (Å²) in [7, 11) is 1.65. The van der Waals surface area contributed by atoms with Crippen LogP contribution in [0.4, 0.5) is 4.79 Å². The zero-order chi connectivity index (χ0) is 18.0. The Bertz CT molecular complexity index is 625. The van der Waals surface area contributed by atoms with Gasteiger partial charge in [-0.05, 0) is 42.9 Å². The largest absolute Gasteiger partial charge is 0.497 e. The minimum absolute atomic E-state index is 0.0981. The topological polar surface area (TPSA) is 61.9 Å². The van der Waals surface area contributed by atoms with Crippen molar-refractivity contribution in [2.75, 3.05) is 13.8 Å². The monoisotopic (exact) mass is 345 g/mol. The molecule has 0 unspecified atom stereocenters. The average molecular weight is 345 g/mol. The normalized spacial score (nSPS) is 20.5. The fraction of sp³-hybridized carbons (Fsp3) is 0.579. The van der Waals surface area contributed by atoms with Crippen molar-refractivity contribution in [3.8, 4) is 5.75 Å². The van der Waals surface area contributed by atoms with Gasteiger partial charge in [-0.25, -0.2) is 9.69 Å². The van der Waals surface area contributed by atoms with E-state index in [1.165, 1.54) is 4.90 Å². The quantitative estimate of drug-likeness (QED) is 0.736. The molecule has 0 aromatic heterocycles. The number of carbonyl (C=O) groups excluding carboxylic acids is 2. The number of methoxy groups -OCH3 is 1. The predicted molar refractivity (Wildman–Crippen MR) is 95.0 cm³/mol. The minimum Gasteiger partial charge on any atom is -0.497 e. The maximum atomic E-state index is 12.6. The molecule has 0 spiro atoms. The van der Waals surface area contributed by atoms with Gasteiger partial charge in [0.05, 0.1) is 13.8 Å². The highest BCUT2D eigenvalue weighted by atomic mass is 16.5. The van der Waals surface area contributed by atoms with Gasteiger partial charge >= 0.3 is 6.03 Å². The van der Waals surface area contributed by atoms with Crippen molar-refractivity contribution in [3.05, 3.63) is 29.8 Å². The molecule has 1 atom stereocenters. The van der Waals surface area contributed by atoms with E-state index in [-0.39, 0.29) is 18.0 Å². The number of urea groups is 1. The Balaban J connectivity index is 1.65. The van der Waals surface area contributed by atoms with E-state index < -0.39 is 0 Å². The standard InChI is InChI=1S/C19H27N3O3/c1-13(2)10-17-18(23)22(19(24)20-17)12-21(15-6-7-15)11-14-4-8-16(25-3)9-5-14/h4-5,8-9,13,15,17H,6-7,10-12H2,1-3H3,(H,20,24)/t17-/m0/s1. The number of benzene rings is 1. The molecular formula is C19H27N3O3. The molecule has 0 bridgehead atoms. The fourth-order valence-electron chi connectivity index (χ4n) is 3.22. The van der Waals surface area contributed by atoms with Crippen LogP contribution in [-0.4, -0.2) is 47.6 Å². The number of amides is 3. The first-order valence-corrected chi connectivity index (χ1v) is 8.96. The highest BCUT2D eigenvalue weighted by Gasteiger charge is 2.40. The van der Waals surface area contributed by atoms with Crippen LogP contribution in [0.25, 0.3) is 0 Å². The summed E-state index contributed by atoms with van der Waals surface area (Å²) in [5.74, 6) is 1.10. The van der Waals surface area contributed by atoms with Gasteiger partial charge in [0.25, 0.3) is 5.91 Å². The van der Waals surface area contributed by atoms with E-state index in [1.54, 1.807) is 7.11 Å². The molecule has 1 aliphatic heterocycles. The van der Waals surface area contributed by atoms with Gasteiger partial charge < -0.3 is 10.1 Å². The van der Waals surface area contributed by atoms with Crippen LogP contribution in [-0.2, 0) is 11.3 Å². The molecule has 1 saturated carbocycles. The Morgan fingerprint density at radius 3 is 2.48 bits per heavy atom. The van der Waals surface area contributed by atoms with Crippen LogP contribution in [0.15, 0.2) is 24.3 Å². The van der Waals surface area contributed by atoms with E-state index in [1.807, 2.05) is 24.3 Å². The summed E-state index contributed by atoms with van der Waals surface area (Å²) in [4.78, 5) is 28.4. The number of nitrogens with one attached hydrogen (secondary N) is 1. The fourth-order valence-corrected chi connectivity index (χ4v) is 3.22. The molecule has 3 amide bonds. The lowest BCUT2D eigenvalue weighted by Crippen LogP contribution is -2.42. The van der Waals surface area contributed by atoms with Gasteiger partial charge in [-0.1, -0.05) is 26.0 Å². The molecule has 0 radical (unpaired) electrons. The Labute approximate surface area is 149 Å². The molecule has 1 aliphatic carbocycles. The molecule has 1 saturated heterocycles. The van der Waals surface area contributed by atoms with Crippen molar-refractivity contribution in [1.82, 2.24) is 15.1 Å². The van der Waals surface area contributed by atoms with Gasteiger partial charge in [0.15, 0.2) is 0 Å². The molecule has 6 heteroatoms. The second-order valence-electron chi connectivity index (χ2n) is 7.37. The van der Waals surface area contributed by atoms with Gasteiger partial charge in [0.2, 0.25) is 0 Å². The molecule has 2 fully saturated rings. The summed E-state index contributed by atoms with van der Waals surface area (Å²) in [5.41, 5.74) is 1.15. The van der Waals surface area contributed by atoms with Crippen LogP contribution in [0.2, 0.25) is 0 Å². The second kappa shape index (κ2) is 7.44. The van der Waals surface area contributed by atoms with Gasteiger partial charge in [-0.3, -0.25) is 9.69 Å². The molecule has 2 aliphatic rings. The second-order valence-corrected chi connectivity index (χ2v) is 7.37. The number of imide groups is 1. The number of rotatable bonds is 8. The first-order chi connectivity index (χ1) is 12.0. The predicted octanol–water partition coefficient (Wildman–Crippen LogP) is 2.58. The molecule has 1 aromatic rings. The minimum atomic E-state index is -0.380. The van der Waals surface area contributed by atoms with Gasteiger partial charge in [0.1, 0.15) is 11.8 Å². The highest BCUT2D eigenvalue weighted by Crippen LogP contribution is 2.29. The molecular weight excluding hydrogens is 318 g/mol. The number of nitrogens with zero attached hydrogens (tertiary/aromatic N) is 2. The van der Waals surface area contributed by atoms with Crippen LogP contribution in [0.5, 0.6) is 5.75 Å². The summed E-state index contributed by atoms with van der Waals surface area (Å²) < 4.78 is 5.19. The number of ether oxygens (including phenoxy) is 1. The molecule has 3 rings (SSSR count). The van der Waals surface area contributed by atoms with Crippen molar-refractivity contribution in [2.24, 2.45) is 5.92 Å². The molecule has 136 valence electrons. The Hall–Kier alpha value is -2.08. The summed E-state index contributed by atoms with van der Waals surface area (Å²) in [5, 5.41) is 2.82. The molecule has 1 heterocycles. The van der Waals surface area contributed by atoms with Crippen molar-refractivity contribution in [2.45, 2.75) is 51.7 Å². The smallest absolute Gasteiger partial charge is 0.325 e. The molecule has 25 heavy (non-hydrogen) atoms. The third-order valence-electron chi connectivity index (χ3n) is 4.75. The number of carbonyl (C=O) groups is 2. The Kier molecular flexibility index (Phi) is 5.27. The first kappa shape index (κ1) is 17.7. The van der Waals surface area contributed by atoms with E-state index in [4.69, 9.17) is 4.74 Å². The maximum Gasteiger partial charge on any atom is 0.325 e. The Morgan fingerprint density at radius 1 is 1.24 bits per heavy atom. The van der Waals surface area contributed by atoms with Gasteiger partial charge in [-0.2, -0.15) is 0 Å². The third kappa shape index (κ3) is 4.31. The summed E-state index contributed by atoms with van der Waals surface area (Å²) in [6.07, 6.45) is 2.92. The lowest BCUT2D eigenvalue weighted by molar-refractivity contribution is -0.129. The van der Waals surface area contributed by atoms with E-state index in [2.05, 4.69) is 24.1 Å². The Morgan fingerprint density at radius 2 is 1.92 bits per heavy atom. The summed E-state index contributed by atoms with van der Waals surface area (Å²) >= 11 is 0. The maximum absolute atomic E-state index is 12.6. The van der Waals surface area contributed by atoms with E-state index >= 15 is 0 Å². The van der Waals surface area contributed by atoms with Crippen LogP contribution in [0.3, 0.4) is 0 Å². The summed E-state index contributed by atoms with van der Waals surface area (Å²) in [6.45, 7) is 5.20. The van der Waals surface area contributed by atoms with Gasteiger partial charge in [0, 0.05) is 12.6 Å². The van der Waals surface area contributed by atoms with E-state index in [0.717, 1.165) is 30.7 Å². The van der Waals surface area contributed by atoms with E-state index in [0.29, 0.717) is 25.0 Å². The van der Waals surface area contributed by atoms with Crippen molar-refractivity contribution in [1.29, 1.82) is 0 Å². The first-order valence-electron chi connectivity index (χ1n) is 8.96. The molecule has 1 N–H and O–H groups in total. The average Bonchev–Trinajstić information content (AvgIpc) is 3.38. The van der Waals surface area contributed by atoms with Crippen LogP contribution >= 0.6 is 0 Å². The van der Waals surface area contributed by atoms with Crippen LogP contribution in [0.1, 0.15) is 38.7 Å². The number of hydrogen-bond donors (Lipinski definition) is 1. The van der Waals surface area contributed by atoms with Crippen molar-refractivity contribution in [3.63, 3.8) is 0 Å². The SMILES string of the molecule is COc1ccc(CN(CN2C(=O)N[C@@H](CC(C)C)C2=O)C2CC2)cc1. The lowest BCUT2D eigenvalue weighted by atomic mass is 10.0. The summed E-state index contributed by atoms with van der Waals surface area (Å²) in [6, 6.07) is 7.74. The molecule has 1 aromatic carbocycles. The van der Waals surface area contributed by atoms with Crippen LogP contribution < -0.4 is 10.1 Å².